The van der Waals surface area contributed by atoms with Gasteiger partial charge < -0.3 is 9.73 Å². The number of rotatable bonds is 3. The fraction of sp³-hybridized carbons (Fsp3) is 0.444. The van der Waals surface area contributed by atoms with E-state index in [0.29, 0.717) is 17.3 Å². The normalized spacial score (nSPS) is 15.2. The summed E-state index contributed by atoms with van der Waals surface area (Å²) in [6.07, 6.45) is 4.85. The van der Waals surface area contributed by atoms with E-state index in [-0.39, 0.29) is 11.9 Å². The van der Waals surface area contributed by atoms with Crippen LogP contribution in [-0.4, -0.2) is 10.9 Å². The Morgan fingerprint density at radius 1 is 1.23 bits per heavy atom. The van der Waals surface area contributed by atoms with Crippen molar-refractivity contribution in [3.63, 3.8) is 0 Å². The molecule has 1 N–H and O–H groups in total. The molecule has 1 aromatic heterocycles. The average molecular weight is 298 g/mol. The van der Waals surface area contributed by atoms with Gasteiger partial charge in [0, 0.05) is 6.92 Å². The molecule has 0 bridgehead atoms. The first kappa shape index (κ1) is 14.8. The summed E-state index contributed by atoms with van der Waals surface area (Å²) in [7, 11) is 0. The minimum absolute atomic E-state index is 0.0514. The number of carbonyl (C=O) groups excluding carboxylic acids is 1. The van der Waals surface area contributed by atoms with Gasteiger partial charge in [-0.25, -0.2) is 4.98 Å². The molecule has 1 amide bonds. The third-order valence-electron chi connectivity index (χ3n) is 4.33. The Morgan fingerprint density at radius 3 is 2.64 bits per heavy atom. The lowest BCUT2D eigenvalue weighted by Crippen LogP contribution is -2.27. The van der Waals surface area contributed by atoms with E-state index >= 15 is 0 Å². The van der Waals surface area contributed by atoms with Gasteiger partial charge in [-0.2, -0.15) is 0 Å². The zero-order valence-corrected chi connectivity index (χ0v) is 13.4. The number of nitrogens with one attached hydrogen (secondary N) is 1. The molecule has 0 saturated heterocycles. The summed E-state index contributed by atoms with van der Waals surface area (Å²) >= 11 is 0. The average Bonchev–Trinajstić information content (AvgIpc) is 2.85. The zero-order valence-electron chi connectivity index (χ0n) is 13.4. The number of oxazole rings is 1. The Labute approximate surface area is 130 Å². The molecule has 1 aliphatic rings. The summed E-state index contributed by atoms with van der Waals surface area (Å²) in [4.78, 5) is 16.4. The molecule has 0 fully saturated rings. The van der Waals surface area contributed by atoms with Gasteiger partial charge in [-0.1, -0.05) is 18.2 Å². The molecule has 0 unspecified atom stereocenters. The van der Waals surface area contributed by atoms with Crippen LogP contribution in [0.25, 0.3) is 0 Å². The van der Waals surface area contributed by atoms with Crippen molar-refractivity contribution in [1.82, 2.24) is 10.3 Å². The molecule has 2 aromatic rings. The molecular formula is C18H22N2O2. The molecule has 0 saturated carbocycles. The number of nitrogens with zero attached hydrogens (tertiary/aromatic N) is 1. The smallest absolute Gasteiger partial charge is 0.289 e. The van der Waals surface area contributed by atoms with Gasteiger partial charge in [0.15, 0.2) is 5.89 Å². The topological polar surface area (TPSA) is 55.1 Å². The Bertz CT molecular complexity index is 703. The van der Waals surface area contributed by atoms with Gasteiger partial charge in [-0.15, -0.1) is 0 Å². The Hall–Kier alpha value is -2.10. The maximum atomic E-state index is 12.3. The van der Waals surface area contributed by atoms with Crippen LogP contribution in [0.2, 0.25) is 0 Å². The first-order valence-corrected chi connectivity index (χ1v) is 7.91. The molecule has 0 spiro atoms. The lowest BCUT2D eigenvalue weighted by Gasteiger charge is -2.19. The number of benzene rings is 1. The lowest BCUT2D eigenvalue weighted by molar-refractivity contribution is 0.0909. The minimum Gasteiger partial charge on any atom is -0.436 e. The van der Waals surface area contributed by atoms with Crippen LogP contribution in [0.15, 0.2) is 22.6 Å². The molecule has 1 heterocycles. The summed E-state index contributed by atoms with van der Waals surface area (Å²) in [5.41, 5.74) is 4.65. The van der Waals surface area contributed by atoms with Gasteiger partial charge in [0.1, 0.15) is 0 Å². The lowest BCUT2D eigenvalue weighted by atomic mass is 9.89. The summed E-state index contributed by atoms with van der Waals surface area (Å²) in [5.74, 6) is 0.620. The highest BCUT2D eigenvalue weighted by molar-refractivity contribution is 5.92. The van der Waals surface area contributed by atoms with Crippen molar-refractivity contribution in [2.45, 2.75) is 52.5 Å². The predicted molar refractivity (Wildman–Crippen MR) is 84.9 cm³/mol. The monoisotopic (exact) mass is 298 g/mol. The molecule has 0 radical (unpaired) electrons. The van der Waals surface area contributed by atoms with E-state index < -0.39 is 0 Å². The maximum absolute atomic E-state index is 12.3. The van der Waals surface area contributed by atoms with Crippen LogP contribution >= 0.6 is 0 Å². The maximum Gasteiger partial charge on any atom is 0.289 e. The quantitative estimate of drug-likeness (QED) is 0.940. The minimum atomic E-state index is -0.205. The Kier molecular flexibility index (Phi) is 4.01. The second-order valence-corrected chi connectivity index (χ2v) is 6.08. The third kappa shape index (κ3) is 2.91. The van der Waals surface area contributed by atoms with E-state index in [0.717, 1.165) is 12.0 Å². The molecular weight excluding hydrogens is 276 g/mol. The summed E-state index contributed by atoms with van der Waals surface area (Å²) in [6.45, 7) is 5.53. The van der Waals surface area contributed by atoms with Crippen molar-refractivity contribution in [2.75, 3.05) is 0 Å². The van der Waals surface area contributed by atoms with Crippen molar-refractivity contribution in [2.24, 2.45) is 0 Å². The summed E-state index contributed by atoms with van der Waals surface area (Å²) in [6, 6.07) is 6.51. The van der Waals surface area contributed by atoms with Crippen LogP contribution in [0.3, 0.4) is 0 Å². The van der Waals surface area contributed by atoms with Crippen molar-refractivity contribution >= 4 is 5.91 Å². The van der Waals surface area contributed by atoms with Gasteiger partial charge in [0.2, 0.25) is 5.76 Å². The third-order valence-corrected chi connectivity index (χ3v) is 4.33. The number of aryl methyl sites for hydroxylation is 4. The Morgan fingerprint density at radius 2 is 1.95 bits per heavy atom. The molecule has 4 nitrogen and oxygen atoms in total. The van der Waals surface area contributed by atoms with Gasteiger partial charge in [0.25, 0.3) is 5.91 Å². The van der Waals surface area contributed by atoms with E-state index in [2.05, 4.69) is 28.5 Å². The summed E-state index contributed by atoms with van der Waals surface area (Å²) in [5, 5.41) is 3.00. The molecule has 1 aromatic carbocycles. The fourth-order valence-corrected chi connectivity index (χ4v) is 3.11. The highest BCUT2D eigenvalue weighted by atomic mass is 16.4. The first-order chi connectivity index (χ1) is 10.5. The fourth-order valence-electron chi connectivity index (χ4n) is 3.11. The van der Waals surface area contributed by atoms with Crippen LogP contribution in [0.5, 0.6) is 0 Å². The second kappa shape index (κ2) is 5.95. The number of fused-ring (bicyclic) bond motifs is 1. The number of aromatic nitrogens is 1. The van der Waals surface area contributed by atoms with E-state index in [1.165, 1.54) is 30.4 Å². The molecule has 0 aliphatic heterocycles. The highest BCUT2D eigenvalue weighted by Gasteiger charge is 2.19. The van der Waals surface area contributed by atoms with Crippen LogP contribution < -0.4 is 5.32 Å². The molecule has 3 rings (SSSR count). The highest BCUT2D eigenvalue weighted by Crippen LogP contribution is 2.25. The number of hydrogen-bond acceptors (Lipinski definition) is 3. The van der Waals surface area contributed by atoms with Gasteiger partial charge in [0.05, 0.1) is 11.7 Å². The van der Waals surface area contributed by atoms with Crippen molar-refractivity contribution < 1.29 is 9.21 Å². The van der Waals surface area contributed by atoms with Crippen LogP contribution in [0, 0.1) is 13.8 Å². The van der Waals surface area contributed by atoms with E-state index in [1.54, 1.807) is 13.8 Å². The van der Waals surface area contributed by atoms with E-state index in [9.17, 15) is 4.79 Å². The molecule has 1 aliphatic carbocycles. The standard InChI is InChI=1S/C18H22N2O2/c1-11(20-18(21)17-12(2)19-13(3)22-17)15-9-8-14-6-4-5-7-16(14)10-15/h8-11H,4-7H2,1-3H3,(H,20,21)/t11-/m0/s1. The molecule has 1 atom stereocenters. The SMILES string of the molecule is Cc1nc(C)c(C(=O)N[C@@H](C)c2ccc3c(c2)CCCC3)o1. The molecule has 4 heteroatoms. The molecule has 116 valence electrons. The molecule has 22 heavy (non-hydrogen) atoms. The van der Waals surface area contributed by atoms with Crippen LogP contribution in [-0.2, 0) is 12.8 Å². The van der Waals surface area contributed by atoms with E-state index in [1.807, 2.05) is 6.92 Å². The van der Waals surface area contributed by atoms with Gasteiger partial charge >= 0.3 is 0 Å². The second-order valence-electron chi connectivity index (χ2n) is 6.08. The van der Waals surface area contributed by atoms with Crippen molar-refractivity contribution in [3.05, 3.63) is 52.2 Å². The van der Waals surface area contributed by atoms with Gasteiger partial charge in [-0.3, -0.25) is 4.79 Å². The van der Waals surface area contributed by atoms with Crippen molar-refractivity contribution in [1.29, 1.82) is 0 Å². The van der Waals surface area contributed by atoms with Crippen LogP contribution in [0.1, 0.15) is 64.6 Å². The zero-order chi connectivity index (χ0) is 15.7. The van der Waals surface area contributed by atoms with Crippen molar-refractivity contribution in [3.8, 4) is 0 Å². The number of carbonyl (C=O) groups is 1. The largest absolute Gasteiger partial charge is 0.436 e. The predicted octanol–water partition coefficient (Wildman–Crippen LogP) is 3.66. The number of hydrogen-bond donors (Lipinski definition) is 1. The van der Waals surface area contributed by atoms with E-state index in [4.69, 9.17) is 4.42 Å². The first-order valence-electron chi connectivity index (χ1n) is 7.91. The van der Waals surface area contributed by atoms with Gasteiger partial charge in [-0.05, 0) is 56.2 Å². The number of amides is 1. The summed E-state index contributed by atoms with van der Waals surface area (Å²) < 4.78 is 5.38. The Balaban J connectivity index is 1.75. The van der Waals surface area contributed by atoms with Crippen LogP contribution in [0.4, 0.5) is 0 Å².